The van der Waals surface area contributed by atoms with Crippen molar-refractivity contribution in [3.63, 3.8) is 0 Å². The van der Waals surface area contributed by atoms with Crippen LogP contribution in [0.4, 0.5) is 10.1 Å². The fourth-order valence-electron chi connectivity index (χ4n) is 4.05. The number of nitrogens with zero attached hydrogens (tertiary/aromatic N) is 1. The minimum Gasteiger partial charge on any atom is -0.302 e. The molecular weight excluding hydrogens is 425 g/mol. The van der Waals surface area contributed by atoms with E-state index in [2.05, 4.69) is 0 Å². The third kappa shape index (κ3) is 3.02. The minimum absolute atomic E-state index is 0.0180. The fraction of sp³-hybridized carbons (Fsp3) is 0.174. The van der Waals surface area contributed by atoms with Gasteiger partial charge in [-0.3, -0.25) is 4.31 Å². The van der Waals surface area contributed by atoms with Gasteiger partial charge in [-0.15, -0.1) is 0 Å². The van der Waals surface area contributed by atoms with Crippen LogP contribution in [-0.2, 0) is 20.2 Å². The predicted octanol–water partition coefficient (Wildman–Crippen LogP) is 5.19. The number of aldehydes is 1. The van der Waals surface area contributed by atoms with Gasteiger partial charge in [-0.25, -0.2) is 12.8 Å². The van der Waals surface area contributed by atoms with E-state index >= 15 is 4.39 Å². The van der Waals surface area contributed by atoms with E-state index in [-0.39, 0.29) is 21.2 Å². The molecule has 30 heavy (non-hydrogen) atoms. The maximum atomic E-state index is 15.2. The van der Waals surface area contributed by atoms with Gasteiger partial charge < -0.3 is 4.79 Å². The number of aryl methyl sites for hydroxylation is 1. The topological polar surface area (TPSA) is 54.5 Å². The van der Waals surface area contributed by atoms with Gasteiger partial charge in [-0.2, -0.15) is 0 Å². The first kappa shape index (κ1) is 20.6. The molecule has 0 radical (unpaired) electrons. The normalized spacial score (nSPS) is 20.8. The van der Waals surface area contributed by atoms with E-state index in [0.717, 1.165) is 15.9 Å². The van der Waals surface area contributed by atoms with E-state index in [0.29, 0.717) is 11.8 Å². The van der Waals surface area contributed by atoms with E-state index in [1.54, 1.807) is 49.4 Å². The molecule has 0 aromatic heterocycles. The molecule has 0 amide bonds. The summed E-state index contributed by atoms with van der Waals surface area (Å²) in [6, 6.07) is 16.7. The highest BCUT2D eigenvalue weighted by atomic mass is 35.5. The molecule has 1 heterocycles. The second kappa shape index (κ2) is 7.22. The van der Waals surface area contributed by atoms with Gasteiger partial charge in [0.1, 0.15) is 12.1 Å². The fourth-order valence-corrected chi connectivity index (χ4v) is 6.00. The molecule has 0 fully saturated rings. The van der Waals surface area contributed by atoms with E-state index in [1.165, 1.54) is 18.2 Å². The van der Waals surface area contributed by atoms with Crippen molar-refractivity contribution in [3.8, 4) is 0 Å². The SMILES string of the molecule is Cc1ccc(S(=O)(=O)N2c3c(F)cc(Cl)cc3C(C)(C=O)C2c2ccccc2)cc1. The van der Waals surface area contributed by atoms with Gasteiger partial charge in [-0.05, 0) is 49.2 Å². The van der Waals surface area contributed by atoms with Crippen molar-refractivity contribution < 1.29 is 17.6 Å². The van der Waals surface area contributed by atoms with Crippen LogP contribution >= 0.6 is 11.6 Å². The molecule has 1 aliphatic rings. The first-order valence-corrected chi connectivity index (χ1v) is 11.1. The summed E-state index contributed by atoms with van der Waals surface area (Å²) in [5.41, 5.74) is 0.233. The molecule has 3 aromatic carbocycles. The number of hydrogen-bond acceptors (Lipinski definition) is 3. The van der Waals surface area contributed by atoms with Crippen molar-refractivity contribution >= 4 is 33.6 Å². The Labute approximate surface area is 180 Å². The highest BCUT2D eigenvalue weighted by Gasteiger charge is 2.54. The quantitative estimate of drug-likeness (QED) is 0.521. The van der Waals surface area contributed by atoms with Crippen LogP contribution in [0.2, 0.25) is 5.02 Å². The Morgan fingerprint density at radius 1 is 1.07 bits per heavy atom. The average molecular weight is 444 g/mol. The Morgan fingerprint density at radius 2 is 1.70 bits per heavy atom. The Morgan fingerprint density at radius 3 is 2.30 bits per heavy atom. The lowest BCUT2D eigenvalue weighted by molar-refractivity contribution is -0.112. The van der Waals surface area contributed by atoms with Gasteiger partial charge in [0.25, 0.3) is 10.0 Å². The van der Waals surface area contributed by atoms with Crippen molar-refractivity contribution in [2.45, 2.75) is 30.2 Å². The van der Waals surface area contributed by atoms with Gasteiger partial charge in [0, 0.05) is 5.02 Å². The summed E-state index contributed by atoms with van der Waals surface area (Å²) in [6.07, 6.45) is 0.671. The molecule has 0 spiro atoms. The molecule has 2 atom stereocenters. The smallest absolute Gasteiger partial charge is 0.265 e. The summed E-state index contributed by atoms with van der Waals surface area (Å²) in [6.45, 7) is 3.45. The molecule has 0 bridgehead atoms. The summed E-state index contributed by atoms with van der Waals surface area (Å²) in [5.74, 6) is -0.792. The standard InChI is InChI=1S/C23H19ClFNO3S/c1-15-8-10-18(11-9-15)30(28,29)26-21-19(12-17(24)13-20(21)25)23(2,14-27)22(26)16-6-4-3-5-7-16/h3-14,22H,1-2H3. The van der Waals surface area contributed by atoms with Crippen molar-refractivity contribution in [2.75, 3.05) is 4.31 Å². The molecular formula is C23H19ClFNO3S. The molecule has 2 unspecified atom stereocenters. The first-order valence-electron chi connectivity index (χ1n) is 9.32. The molecule has 0 aliphatic carbocycles. The molecule has 3 aromatic rings. The predicted molar refractivity (Wildman–Crippen MR) is 115 cm³/mol. The highest BCUT2D eigenvalue weighted by molar-refractivity contribution is 7.92. The molecule has 0 saturated carbocycles. The maximum absolute atomic E-state index is 15.2. The molecule has 154 valence electrons. The van der Waals surface area contributed by atoms with Crippen LogP contribution in [0.25, 0.3) is 0 Å². The lowest BCUT2D eigenvalue weighted by atomic mass is 9.77. The Bertz CT molecular complexity index is 1230. The average Bonchev–Trinajstić information content (AvgIpc) is 2.99. The van der Waals surface area contributed by atoms with Gasteiger partial charge in [0.2, 0.25) is 0 Å². The van der Waals surface area contributed by atoms with E-state index in [9.17, 15) is 13.2 Å². The van der Waals surface area contributed by atoms with Crippen LogP contribution < -0.4 is 4.31 Å². The molecule has 1 aliphatic heterocycles. The molecule has 7 heteroatoms. The lowest BCUT2D eigenvalue weighted by Gasteiger charge is -2.33. The second-order valence-electron chi connectivity index (χ2n) is 7.61. The maximum Gasteiger partial charge on any atom is 0.265 e. The van der Waals surface area contributed by atoms with Crippen molar-refractivity contribution in [3.05, 3.63) is 94.3 Å². The summed E-state index contributed by atoms with van der Waals surface area (Å²) in [4.78, 5) is 12.4. The number of halogens is 2. The van der Waals surface area contributed by atoms with Crippen LogP contribution in [0.5, 0.6) is 0 Å². The van der Waals surface area contributed by atoms with E-state index < -0.39 is 27.3 Å². The zero-order valence-electron chi connectivity index (χ0n) is 16.3. The van der Waals surface area contributed by atoms with Gasteiger partial charge in [-0.1, -0.05) is 59.6 Å². The van der Waals surface area contributed by atoms with Crippen LogP contribution in [0, 0.1) is 12.7 Å². The van der Waals surface area contributed by atoms with Gasteiger partial charge in [0.15, 0.2) is 0 Å². The summed E-state index contributed by atoms with van der Waals surface area (Å²) in [7, 11) is -4.19. The second-order valence-corrected chi connectivity index (χ2v) is 9.86. The van der Waals surface area contributed by atoms with Crippen molar-refractivity contribution in [1.82, 2.24) is 0 Å². The number of hydrogen-bond donors (Lipinski definition) is 0. The van der Waals surface area contributed by atoms with E-state index in [4.69, 9.17) is 11.6 Å². The number of fused-ring (bicyclic) bond motifs is 1. The number of anilines is 1. The van der Waals surface area contributed by atoms with Crippen LogP contribution in [-0.4, -0.2) is 14.7 Å². The summed E-state index contributed by atoms with van der Waals surface area (Å²) in [5, 5.41) is 0.0979. The molecule has 4 nitrogen and oxygen atoms in total. The van der Waals surface area contributed by atoms with Gasteiger partial charge >= 0.3 is 0 Å². The van der Waals surface area contributed by atoms with Crippen molar-refractivity contribution in [1.29, 1.82) is 0 Å². The van der Waals surface area contributed by atoms with Crippen LogP contribution in [0.3, 0.4) is 0 Å². The number of rotatable bonds is 4. The molecule has 4 rings (SSSR count). The zero-order chi connectivity index (χ0) is 21.7. The largest absolute Gasteiger partial charge is 0.302 e. The number of carbonyl (C=O) groups is 1. The number of carbonyl (C=O) groups excluding carboxylic acids is 1. The van der Waals surface area contributed by atoms with E-state index in [1.807, 2.05) is 6.92 Å². The summed E-state index contributed by atoms with van der Waals surface area (Å²) >= 11 is 6.08. The summed E-state index contributed by atoms with van der Waals surface area (Å²) < 4.78 is 43.7. The van der Waals surface area contributed by atoms with Gasteiger partial charge in [0.05, 0.1) is 22.0 Å². The Hall–Kier alpha value is -2.70. The van der Waals surface area contributed by atoms with Crippen LogP contribution in [0.1, 0.15) is 29.7 Å². The third-order valence-corrected chi connectivity index (χ3v) is 7.57. The monoisotopic (exact) mass is 443 g/mol. The van der Waals surface area contributed by atoms with Crippen molar-refractivity contribution in [2.24, 2.45) is 0 Å². The number of benzene rings is 3. The minimum atomic E-state index is -4.19. The lowest BCUT2D eigenvalue weighted by Crippen LogP contribution is -2.40. The Kier molecular flexibility index (Phi) is 4.95. The molecule has 0 saturated heterocycles. The molecule has 0 N–H and O–H groups in total. The zero-order valence-corrected chi connectivity index (χ0v) is 17.9. The Balaban J connectivity index is 2.06. The number of sulfonamides is 1. The first-order chi connectivity index (χ1) is 14.2. The van der Waals surface area contributed by atoms with Crippen LogP contribution in [0.15, 0.2) is 71.6 Å². The third-order valence-electron chi connectivity index (χ3n) is 5.57. The highest BCUT2D eigenvalue weighted by Crippen LogP contribution is 2.55.